The Balaban J connectivity index is 1.54. The Morgan fingerprint density at radius 2 is 1.81 bits per heavy atom. The van der Waals surface area contributed by atoms with Crippen molar-refractivity contribution in [3.05, 3.63) is 65.7 Å². The van der Waals surface area contributed by atoms with E-state index in [0.717, 1.165) is 5.56 Å². The Bertz CT molecular complexity index is 1130. The van der Waals surface area contributed by atoms with Crippen molar-refractivity contribution in [3.8, 4) is 0 Å². The lowest BCUT2D eigenvalue weighted by Gasteiger charge is -2.21. The fourth-order valence-electron chi connectivity index (χ4n) is 3.32. The zero-order valence-electron chi connectivity index (χ0n) is 20.1. The van der Waals surface area contributed by atoms with Gasteiger partial charge < -0.3 is 30.3 Å². The van der Waals surface area contributed by atoms with Crippen LogP contribution in [-0.4, -0.2) is 54.3 Å². The van der Waals surface area contributed by atoms with Gasteiger partial charge in [0.15, 0.2) is 0 Å². The van der Waals surface area contributed by atoms with Crippen LogP contribution < -0.4 is 16.0 Å². The molecule has 1 aliphatic heterocycles. The van der Waals surface area contributed by atoms with E-state index in [-0.39, 0.29) is 24.8 Å². The Morgan fingerprint density at radius 1 is 1.08 bits per heavy atom. The van der Waals surface area contributed by atoms with Gasteiger partial charge in [0, 0.05) is 18.5 Å². The Kier molecular flexibility index (Phi) is 10.3. The molecular formula is C25H27ClN4O7. The Hall–Kier alpha value is -4.12. The van der Waals surface area contributed by atoms with E-state index >= 15 is 0 Å². The Morgan fingerprint density at radius 3 is 2.46 bits per heavy atom. The first-order valence-electron chi connectivity index (χ1n) is 11.5. The number of rotatable bonds is 11. The SMILES string of the molecule is CCOC(=O)c1ccc(NC(=O)[C@H](CC2CC(Cl)=NO2)NC(=O)CNC(=O)OCc2ccccc2)cc1. The normalized spacial score (nSPS) is 15.0. The van der Waals surface area contributed by atoms with Crippen LogP contribution in [0.1, 0.15) is 35.7 Å². The summed E-state index contributed by atoms with van der Waals surface area (Å²) in [5, 5.41) is 11.5. The molecule has 1 unspecified atom stereocenters. The lowest BCUT2D eigenvalue weighted by atomic mass is 10.1. The maximum absolute atomic E-state index is 13.0. The number of carbonyl (C=O) groups is 4. The van der Waals surface area contributed by atoms with Crippen LogP contribution in [-0.2, 0) is 30.5 Å². The van der Waals surface area contributed by atoms with E-state index in [4.69, 9.17) is 25.9 Å². The van der Waals surface area contributed by atoms with Crippen LogP contribution in [0.15, 0.2) is 59.8 Å². The van der Waals surface area contributed by atoms with Gasteiger partial charge in [-0.1, -0.05) is 47.1 Å². The lowest BCUT2D eigenvalue weighted by Crippen LogP contribution is -2.48. The minimum Gasteiger partial charge on any atom is -0.462 e. The van der Waals surface area contributed by atoms with E-state index in [0.29, 0.717) is 17.7 Å². The first kappa shape index (κ1) is 27.5. The van der Waals surface area contributed by atoms with Crippen LogP contribution in [0.4, 0.5) is 10.5 Å². The number of anilines is 1. The van der Waals surface area contributed by atoms with Gasteiger partial charge in [0.05, 0.1) is 12.2 Å². The Labute approximate surface area is 218 Å². The number of alkyl carbamates (subject to hydrolysis) is 1. The standard InChI is InChI=1S/C25H27ClN4O7/c1-2-35-24(33)17-8-10-18(11-9-17)28-23(32)20(12-19-13-21(26)30-37-19)29-22(31)14-27-25(34)36-15-16-6-4-3-5-7-16/h3-11,19-20H,2,12-15H2,1H3,(H,27,34)(H,28,32)(H,29,31)/t19?,20-/m0/s1. The van der Waals surface area contributed by atoms with Crippen molar-refractivity contribution in [2.75, 3.05) is 18.5 Å². The summed E-state index contributed by atoms with van der Waals surface area (Å²) in [6, 6.07) is 14.2. The number of amides is 3. The van der Waals surface area contributed by atoms with Gasteiger partial charge in [0.25, 0.3) is 0 Å². The number of ether oxygens (including phenoxy) is 2. The highest BCUT2D eigenvalue weighted by molar-refractivity contribution is 6.65. The van der Waals surface area contributed by atoms with E-state index in [1.165, 1.54) is 12.1 Å². The molecule has 196 valence electrons. The second kappa shape index (κ2) is 13.8. The number of oxime groups is 1. The molecule has 3 amide bonds. The van der Waals surface area contributed by atoms with Gasteiger partial charge in [-0.2, -0.15) is 0 Å². The molecule has 37 heavy (non-hydrogen) atoms. The van der Waals surface area contributed by atoms with E-state index in [1.54, 1.807) is 31.2 Å². The van der Waals surface area contributed by atoms with E-state index in [9.17, 15) is 19.2 Å². The van der Waals surface area contributed by atoms with Gasteiger partial charge >= 0.3 is 12.1 Å². The van der Waals surface area contributed by atoms with Gasteiger partial charge in [-0.05, 0) is 36.8 Å². The van der Waals surface area contributed by atoms with Gasteiger partial charge in [-0.3, -0.25) is 9.59 Å². The monoisotopic (exact) mass is 530 g/mol. The maximum atomic E-state index is 13.0. The summed E-state index contributed by atoms with van der Waals surface area (Å²) < 4.78 is 10.0. The van der Waals surface area contributed by atoms with E-state index < -0.39 is 42.6 Å². The van der Waals surface area contributed by atoms with Crippen LogP contribution >= 0.6 is 11.6 Å². The molecule has 0 saturated carbocycles. The number of nitrogens with one attached hydrogen (secondary N) is 3. The first-order chi connectivity index (χ1) is 17.8. The number of carbonyl (C=O) groups excluding carboxylic acids is 4. The summed E-state index contributed by atoms with van der Waals surface area (Å²) in [4.78, 5) is 54.4. The van der Waals surface area contributed by atoms with E-state index in [1.807, 2.05) is 18.2 Å². The zero-order chi connectivity index (χ0) is 26.6. The summed E-state index contributed by atoms with van der Waals surface area (Å²) >= 11 is 5.86. The lowest BCUT2D eigenvalue weighted by molar-refractivity contribution is -0.126. The van der Waals surface area contributed by atoms with Crippen molar-refractivity contribution in [2.24, 2.45) is 5.16 Å². The number of nitrogens with zero attached hydrogens (tertiary/aromatic N) is 1. The molecule has 3 N–H and O–H groups in total. The molecule has 11 nitrogen and oxygen atoms in total. The summed E-state index contributed by atoms with van der Waals surface area (Å²) in [6.45, 7) is 1.59. The van der Waals surface area contributed by atoms with Crippen molar-refractivity contribution in [3.63, 3.8) is 0 Å². The predicted molar refractivity (Wildman–Crippen MR) is 135 cm³/mol. The fraction of sp³-hybridized carbons (Fsp3) is 0.320. The van der Waals surface area contributed by atoms with E-state index in [2.05, 4.69) is 21.1 Å². The minimum absolute atomic E-state index is 0.0497. The first-order valence-corrected chi connectivity index (χ1v) is 11.9. The van der Waals surface area contributed by atoms with Crippen LogP contribution in [0.25, 0.3) is 0 Å². The second-order valence-electron chi connectivity index (χ2n) is 7.96. The molecule has 0 radical (unpaired) electrons. The van der Waals surface area contributed by atoms with Crippen LogP contribution in [0.5, 0.6) is 0 Å². The fourth-order valence-corrected chi connectivity index (χ4v) is 3.53. The molecule has 2 aromatic rings. The second-order valence-corrected chi connectivity index (χ2v) is 8.39. The number of esters is 1. The third-order valence-corrected chi connectivity index (χ3v) is 5.34. The minimum atomic E-state index is -1.03. The molecule has 0 fully saturated rings. The zero-order valence-corrected chi connectivity index (χ0v) is 20.8. The average molecular weight is 531 g/mol. The summed E-state index contributed by atoms with van der Waals surface area (Å²) in [7, 11) is 0. The summed E-state index contributed by atoms with van der Waals surface area (Å²) in [5.74, 6) is -1.62. The van der Waals surface area contributed by atoms with Crippen molar-refractivity contribution in [2.45, 2.75) is 38.5 Å². The predicted octanol–water partition coefficient (Wildman–Crippen LogP) is 2.94. The highest BCUT2D eigenvalue weighted by atomic mass is 35.5. The molecule has 0 aromatic heterocycles. The van der Waals surface area contributed by atoms with Gasteiger partial charge in [-0.25, -0.2) is 9.59 Å². The quantitative estimate of drug-likeness (QED) is 0.379. The largest absolute Gasteiger partial charge is 0.462 e. The summed E-state index contributed by atoms with van der Waals surface area (Å²) in [6.07, 6.45) is -0.921. The molecule has 0 bridgehead atoms. The molecular weight excluding hydrogens is 504 g/mol. The third kappa shape index (κ3) is 9.12. The molecule has 12 heteroatoms. The third-order valence-electron chi connectivity index (χ3n) is 5.12. The number of halogens is 1. The molecule has 0 saturated heterocycles. The highest BCUT2D eigenvalue weighted by Crippen LogP contribution is 2.19. The molecule has 3 rings (SSSR count). The molecule has 2 atom stereocenters. The van der Waals surface area contributed by atoms with Crippen molar-refractivity contribution < 1.29 is 33.5 Å². The van der Waals surface area contributed by atoms with Crippen LogP contribution in [0.3, 0.4) is 0 Å². The smallest absolute Gasteiger partial charge is 0.407 e. The average Bonchev–Trinajstić information content (AvgIpc) is 3.31. The van der Waals surface area contributed by atoms with Crippen molar-refractivity contribution in [1.82, 2.24) is 10.6 Å². The maximum Gasteiger partial charge on any atom is 0.407 e. The van der Waals surface area contributed by atoms with Crippen molar-refractivity contribution >= 4 is 46.3 Å². The topological polar surface area (TPSA) is 144 Å². The van der Waals surface area contributed by atoms with Crippen LogP contribution in [0, 0.1) is 0 Å². The van der Waals surface area contributed by atoms with Gasteiger partial charge in [0.2, 0.25) is 11.8 Å². The molecule has 1 heterocycles. The molecule has 0 aliphatic carbocycles. The number of hydrogen-bond acceptors (Lipinski definition) is 8. The number of benzene rings is 2. The molecule has 1 aliphatic rings. The van der Waals surface area contributed by atoms with Gasteiger partial charge in [0.1, 0.15) is 30.5 Å². The summed E-state index contributed by atoms with van der Waals surface area (Å²) in [5.41, 5.74) is 1.54. The molecule has 0 spiro atoms. The molecule has 2 aromatic carbocycles. The highest BCUT2D eigenvalue weighted by Gasteiger charge is 2.29. The number of hydrogen-bond donors (Lipinski definition) is 3. The van der Waals surface area contributed by atoms with Crippen molar-refractivity contribution in [1.29, 1.82) is 0 Å². The van der Waals surface area contributed by atoms with Crippen LogP contribution in [0.2, 0.25) is 0 Å². The van der Waals surface area contributed by atoms with Gasteiger partial charge in [-0.15, -0.1) is 0 Å².